The second-order valence-electron chi connectivity index (χ2n) is 4.66. The van der Waals surface area contributed by atoms with Crippen LogP contribution in [0.1, 0.15) is 18.9 Å². The zero-order chi connectivity index (χ0) is 11.4. The Kier molecular flexibility index (Phi) is 3.83. The van der Waals surface area contributed by atoms with Crippen LogP contribution in [0.4, 0.5) is 5.69 Å². The van der Waals surface area contributed by atoms with Gasteiger partial charge >= 0.3 is 0 Å². The molecule has 0 amide bonds. The largest absolute Gasteiger partial charge is 0.371 e. The van der Waals surface area contributed by atoms with Gasteiger partial charge in [-0.25, -0.2) is 0 Å². The van der Waals surface area contributed by atoms with Crippen LogP contribution in [-0.4, -0.2) is 26.7 Å². The van der Waals surface area contributed by atoms with E-state index in [1.54, 1.807) is 0 Å². The summed E-state index contributed by atoms with van der Waals surface area (Å²) in [5.74, 6) is 0.760. The van der Waals surface area contributed by atoms with Crippen LogP contribution in [0.2, 0.25) is 0 Å². The van der Waals surface area contributed by atoms with Crippen LogP contribution in [0, 0.1) is 5.92 Å². The summed E-state index contributed by atoms with van der Waals surface area (Å²) in [7, 11) is 2.04. The molecule has 0 aromatic heterocycles. The van der Waals surface area contributed by atoms with Crippen molar-refractivity contribution in [2.45, 2.75) is 19.8 Å². The van der Waals surface area contributed by atoms with Crippen molar-refractivity contribution in [2.75, 3.05) is 31.6 Å². The topological polar surface area (TPSA) is 15.3 Å². The van der Waals surface area contributed by atoms with Gasteiger partial charge in [0.2, 0.25) is 0 Å². The summed E-state index contributed by atoms with van der Waals surface area (Å²) < 4.78 is 0. The molecule has 1 aromatic rings. The van der Waals surface area contributed by atoms with Crippen LogP contribution in [0.3, 0.4) is 0 Å². The van der Waals surface area contributed by atoms with Gasteiger partial charge in [0.25, 0.3) is 0 Å². The number of anilines is 1. The number of para-hydroxylation sites is 1. The van der Waals surface area contributed by atoms with Gasteiger partial charge in [-0.15, -0.1) is 0 Å². The van der Waals surface area contributed by atoms with Crippen LogP contribution in [-0.2, 0) is 6.42 Å². The van der Waals surface area contributed by atoms with E-state index in [2.05, 4.69) is 41.4 Å². The van der Waals surface area contributed by atoms with Crippen molar-refractivity contribution in [3.63, 3.8) is 0 Å². The second-order valence-corrected chi connectivity index (χ2v) is 4.66. The van der Waals surface area contributed by atoms with Crippen LogP contribution in [0.15, 0.2) is 24.3 Å². The lowest BCUT2D eigenvalue weighted by atomic mass is 10.1. The molecule has 2 heteroatoms. The van der Waals surface area contributed by atoms with E-state index in [4.69, 9.17) is 0 Å². The second kappa shape index (κ2) is 5.35. The summed E-state index contributed by atoms with van der Waals surface area (Å²) in [6.07, 6.45) is 2.46. The number of hydrogen-bond donors (Lipinski definition) is 1. The van der Waals surface area contributed by atoms with Crippen molar-refractivity contribution in [3.05, 3.63) is 29.8 Å². The van der Waals surface area contributed by atoms with Crippen molar-refractivity contribution in [1.82, 2.24) is 5.32 Å². The summed E-state index contributed by atoms with van der Waals surface area (Å²) in [5, 5.41) is 3.29. The lowest BCUT2D eigenvalue weighted by Gasteiger charge is -2.25. The lowest BCUT2D eigenvalue weighted by Crippen LogP contribution is -2.32. The van der Waals surface area contributed by atoms with Crippen LogP contribution < -0.4 is 10.2 Å². The maximum absolute atomic E-state index is 3.29. The summed E-state index contributed by atoms with van der Waals surface area (Å²) in [6.45, 7) is 5.78. The van der Waals surface area contributed by atoms with Crippen molar-refractivity contribution < 1.29 is 0 Å². The van der Waals surface area contributed by atoms with Gasteiger partial charge < -0.3 is 10.2 Å². The number of hydrogen-bond acceptors (Lipinski definition) is 2. The van der Waals surface area contributed by atoms with Gasteiger partial charge in [0.15, 0.2) is 0 Å². The van der Waals surface area contributed by atoms with Crippen molar-refractivity contribution in [1.29, 1.82) is 0 Å². The molecule has 1 aliphatic heterocycles. The van der Waals surface area contributed by atoms with Gasteiger partial charge in [-0.1, -0.05) is 31.5 Å². The van der Waals surface area contributed by atoms with E-state index >= 15 is 0 Å². The first-order chi connectivity index (χ1) is 7.85. The molecule has 16 heavy (non-hydrogen) atoms. The fourth-order valence-electron chi connectivity index (χ4n) is 2.53. The highest BCUT2D eigenvalue weighted by Gasteiger charge is 2.20. The molecule has 1 aliphatic rings. The van der Waals surface area contributed by atoms with Crippen LogP contribution >= 0.6 is 0 Å². The van der Waals surface area contributed by atoms with Crippen molar-refractivity contribution >= 4 is 5.69 Å². The first-order valence-corrected chi connectivity index (χ1v) is 6.32. The number of fused-ring (bicyclic) bond motifs is 1. The molecule has 1 aromatic carbocycles. The molecular formula is C14H22N2. The predicted octanol–water partition coefficient (Wildman–Crippen LogP) is 2.29. The van der Waals surface area contributed by atoms with Gasteiger partial charge in [-0.05, 0) is 37.6 Å². The van der Waals surface area contributed by atoms with Crippen molar-refractivity contribution in [3.8, 4) is 0 Å². The zero-order valence-corrected chi connectivity index (χ0v) is 10.4. The molecule has 1 unspecified atom stereocenters. The van der Waals surface area contributed by atoms with Crippen LogP contribution in [0.25, 0.3) is 0 Å². The Morgan fingerprint density at radius 2 is 2.19 bits per heavy atom. The number of rotatable bonds is 5. The minimum absolute atomic E-state index is 0.760. The highest BCUT2D eigenvalue weighted by atomic mass is 15.1. The molecule has 1 N–H and O–H groups in total. The van der Waals surface area contributed by atoms with Gasteiger partial charge in [-0.2, -0.15) is 0 Å². The Labute approximate surface area is 98.7 Å². The Morgan fingerprint density at radius 1 is 1.38 bits per heavy atom. The third-order valence-corrected chi connectivity index (χ3v) is 3.53. The summed E-state index contributed by atoms with van der Waals surface area (Å²) in [6, 6.07) is 8.81. The molecule has 88 valence electrons. The normalized spacial score (nSPS) is 16.2. The van der Waals surface area contributed by atoms with Gasteiger partial charge in [0, 0.05) is 18.8 Å². The molecule has 0 saturated carbocycles. The number of nitrogens with one attached hydrogen (secondary N) is 1. The molecule has 0 saturated heterocycles. The molecule has 2 rings (SSSR count). The first kappa shape index (κ1) is 11.5. The minimum atomic E-state index is 0.760. The van der Waals surface area contributed by atoms with E-state index in [1.807, 2.05) is 7.05 Å². The number of nitrogens with zero attached hydrogens (tertiary/aromatic N) is 1. The van der Waals surface area contributed by atoms with Gasteiger partial charge in [0.1, 0.15) is 0 Å². The molecule has 0 bridgehead atoms. The summed E-state index contributed by atoms with van der Waals surface area (Å²) in [5.41, 5.74) is 2.97. The molecule has 2 nitrogen and oxygen atoms in total. The SMILES string of the molecule is CCC(CNC)CN1CCc2ccccc21. The zero-order valence-electron chi connectivity index (χ0n) is 10.4. The average Bonchev–Trinajstić information content (AvgIpc) is 2.72. The van der Waals surface area contributed by atoms with E-state index in [9.17, 15) is 0 Å². The van der Waals surface area contributed by atoms with E-state index in [0.717, 1.165) is 12.5 Å². The third-order valence-electron chi connectivity index (χ3n) is 3.53. The average molecular weight is 218 g/mol. The Balaban J connectivity index is 2.02. The molecule has 0 spiro atoms. The van der Waals surface area contributed by atoms with Crippen molar-refractivity contribution in [2.24, 2.45) is 5.92 Å². The Morgan fingerprint density at radius 3 is 2.94 bits per heavy atom. The predicted molar refractivity (Wildman–Crippen MR) is 70.1 cm³/mol. The standard InChI is InChI=1S/C14H22N2/c1-3-12(10-15-2)11-16-9-8-13-6-4-5-7-14(13)16/h4-7,12,15H,3,8-11H2,1-2H3. The highest BCUT2D eigenvalue weighted by Crippen LogP contribution is 2.28. The molecule has 1 heterocycles. The van der Waals surface area contributed by atoms with E-state index in [1.165, 1.54) is 37.2 Å². The Hall–Kier alpha value is -1.02. The van der Waals surface area contributed by atoms with E-state index in [0.29, 0.717) is 0 Å². The fourth-order valence-corrected chi connectivity index (χ4v) is 2.53. The molecule has 0 aliphatic carbocycles. The molecule has 1 atom stereocenters. The Bertz CT molecular complexity index is 335. The quantitative estimate of drug-likeness (QED) is 0.816. The minimum Gasteiger partial charge on any atom is -0.371 e. The maximum Gasteiger partial charge on any atom is 0.0399 e. The lowest BCUT2D eigenvalue weighted by molar-refractivity contribution is 0.479. The first-order valence-electron chi connectivity index (χ1n) is 6.32. The maximum atomic E-state index is 3.29. The fraction of sp³-hybridized carbons (Fsp3) is 0.571. The van der Waals surface area contributed by atoms with Gasteiger partial charge in [-0.3, -0.25) is 0 Å². The third kappa shape index (κ3) is 2.38. The highest BCUT2D eigenvalue weighted by molar-refractivity contribution is 5.57. The van der Waals surface area contributed by atoms with Crippen LogP contribution in [0.5, 0.6) is 0 Å². The van der Waals surface area contributed by atoms with E-state index < -0.39 is 0 Å². The molecule has 0 fully saturated rings. The molecular weight excluding hydrogens is 196 g/mol. The summed E-state index contributed by atoms with van der Waals surface area (Å²) in [4.78, 5) is 2.54. The summed E-state index contributed by atoms with van der Waals surface area (Å²) >= 11 is 0. The smallest absolute Gasteiger partial charge is 0.0399 e. The number of benzene rings is 1. The van der Waals surface area contributed by atoms with E-state index in [-0.39, 0.29) is 0 Å². The van der Waals surface area contributed by atoms with Gasteiger partial charge in [0.05, 0.1) is 0 Å². The monoisotopic (exact) mass is 218 g/mol. The molecule has 0 radical (unpaired) electrons.